The van der Waals surface area contributed by atoms with Gasteiger partial charge in [-0.3, -0.25) is 4.79 Å². The Morgan fingerprint density at radius 1 is 1.10 bits per heavy atom. The summed E-state index contributed by atoms with van der Waals surface area (Å²) in [7, 11) is 0. The molecule has 0 aromatic heterocycles. The van der Waals surface area contributed by atoms with Gasteiger partial charge in [-0.1, -0.05) is 19.4 Å². The van der Waals surface area contributed by atoms with E-state index < -0.39 is 0 Å². The van der Waals surface area contributed by atoms with Gasteiger partial charge in [0.25, 0.3) is 0 Å². The van der Waals surface area contributed by atoms with E-state index in [4.69, 9.17) is 0 Å². The lowest BCUT2D eigenvalue weighted by atomic mass is 10.1. The largest absolute Gasteiger partial charge is 0.368 e. The summed E-state index contributed by atoms with van der Waals surface area (Å²) in [4.78, 5) is 16.4. The Morgan fingerprint density at radius 3 is 2.40 bits per heavy atom. The summed E-state index contributed by atoms with van der Waals surface area (Å²) in [6.07, 6.45) is 2.81. The molecular formula is C17H26N2O. The van der Waals surface area contributed by atoms with Gasteiger partial charge in [0.2, 0.25) is 5.91 Å². The lowest BCUT2D eigenvalue weighted by molar-refractivity contribution is -0.131. The van der Waals surface area contributed by atoms with Crippen molar-refractivity contribution in [3.8, 4) is 0 Å². The molecule has 0 radical (unpaired) electrons. The summed E-state index contributed by atoms with van der Waals surface area (Å²) in [6.45, 7) is 10.0. The maximum absolute atomic E-state index is 12.0. The molecule has 3 nitrogen and oxygen atoms in total. The van der Waals surface area contributed by atoms with E-state index in [9.17, 15) is 4.79 Å². The van der Waals surface area contributed by atoms with E-state index in [0.717, 1.165) is 39.0 Å². The lowest BCUT2D eigenvalue weighted by Gasteiger charge is -2.36. The topological polar surface area (TPSA) is 23.6 Å². The van der Waals surface area contributed by atoms with Crippen molar-refractivity contribution in [2.45, 2.75) is 40.0 Å². The quantitative estimate of drug-likeness (QED) is 0.842. The van der Waals surface area contributed by atoms with Crippen molar-refractivity contribution >= 4 is 11.6 Å². The molecule has 0 atom stereocenters. The molecule has 3 heteroatoms. The second-order valence-electron chi connectivity index (χ2n) is 5.74. The normalized spacial score (nSPS) is 15.6. The molecule has 0 saturated carbocycles. The first kappa shape index (κ1) is 14.9. The monoisotopic (exact) mass is 274 g/mol. The highest BCUT2D eigenvalue weighted by atomic mass is 16.2. The number of rotatable bonds is 4. The minimum Gasteiger partial charge on any atom is -0.368 e. The number of nitrogens with zero attached hydrogens (tertiary/aromatic N) is 2. The number of amides is 1. The predicted octanol–water partition coefficient (Wildman–Crippen LogP) is 3.14. The number of carbonyl (C=O) groups is 1. The number of benzene rings is 1. The van der Waals surface area contributed by atoms with Crippen molar-refractivity contribution in [1.29, 1.82) is 0 Å². The Labute approximate surface area is 122 Å². The van der Waals surface area contributed by atoms with Crippen LogP contribution in [0.3, 0.4) is 0 Å². The van der Waals surface area contributed by atoms with Gasteiger partial charge < -0.3 is 9.80 Å². The third-order valence-corrected chi connectivity index (χ3v) is 4.23. The zero-order valence-electron chi connectivity index (χ0n) is 13.0. The predicted molar refractivity (Wildman–Crippen MR) is 84.2 cm³/mol. The van der Waals surface area contributed by atoms with E-state index in [-0.39, 0.29) is 0 Å². The molecule has 1 saturated heterocycles. The summed E-state index contributed by atoms with van der Waals surface area (Å²) < 4.78 is 0. The zero-order chi connectivity index (χ0) is 14.5. The fourth-order valence-electron chi connectivity index (χ4n) is 2.62. The van der Waals surface area contributed by atoms with Gasteiger partial charge in [0.15, 0.2) is 0 Å². The molecule has 1 amide bonds. The average molecular weight is 274 g/mol. The van der Waals surface area contributed by atoms with Crippen molar-refractivity contribution in [2.24, 2.45) is 0 Å². The van der Waals surface area contributed by atoms with E-state index in [1.807, 2.05) is 4.90 Å². The second-order valence-corrected chi connectivity index (χ2v) is 5.74. The van der Waals surface area contributed by atoms with Crippen molar-refractivity contribution in [2.75, 3.05) is 31.1 Å². The van der Waals surface area contributed by atoms with Crippen molar-refractivity contribution in [1.82, 2.24) is 4.90 Å². The first-order valence-corrected chi connectivity index (χ1v) is 7.71. The van der Waals surface area contributed by atoms with Crippen LogP contribution >= 0.6 is 0 Å². The molecule has 0 spiro atoms. The summed E-state index contributed by atoms with van der Waals surface area (Å²) in [6, 6.07) is 6.63. The SMILES string of the molecule is CCCCC(=O)N1CCN(c2ccc(C)c(C)c2)CC1. The molecule has 0 aliphatic carbocycles. The van der Waals surface area contributed by atoms with Gasteiger partial charge in [-0.25, -0.2) is 0 Å². The van der Waals surface area contributed by atoms with Gasteiger partial charge in [0.1, 0.15) is 0 Å². The molecule has 0 bridgehead atoms. The van der Waals surface area contributed by atoms with Gasteiger partial charge in [0.05, 0.1) is 0 Å². The minimum atomic E-state index is 0.326. The fraction of sp³-hybridized carbons (Fsp3) is 0.588. The Kier molecular flexibility index (Phi) is 5.05. The second kappa shape index (κ2) is 6.78. The smallest absolute Gasteiger partial charge is 0.222 e. The highest BCUT2D eigenvalue weighted by Gasteiger charge is 2.20. The number of hydrogen-bond donors (Lipinski definition) is 0. The molecule has 1 fully saturated rings. The Morgan fingerprint density at radius 2 is 1.80 bits per heavy atom. The molecular weight excluding hydrogens is 248 g/mol. The summed E-state index contributed by atoms with van der Waals surface area (Å²) in [5, 5.41) is 0. The minimum absolute atomic E-state index is 0.326. The molecule has 0 unspecified atom stereocenters. The standard InChI is InChI=1S/C17H26N2O/c1-4-5-6-17(20)19-11-9-18(10-12-19)16-8-7-14(2)15(3)13-16/h7-8,13H,4-6,9-12H2,1-3H3. The number of carbonyl (C=O) groups excluding carboxylic acids is 1. The molecule has 20 heavy (non-hydrogen) atoms. The van der Waals surface area contributed by atoms with Crippen LogP contribution in [0.5, 0.6) is 0 Å². The van der Waals surface area contributed by atoms with Crippen LogP contribution in [-0.4, -0.2) is 37.0 Å². The van der Waals surface area contributed by atoms with Gasteiger partial charge in [0, 0.05) is 38.3 Å². The van der Waals surface area contributed by atoms with Crippen LogP contribution < -0.4 is 4.90 Å². The average Bonchev–Trinajstić information content (AvgIpc) is 2.48. The van der Waals surface area contributed by atoms with Crippen LogP contribution in [0.4, 0.5) is 5.69 Å². The molecule has 110 valence electrons. The molecule has 1 aromatic carbocycles. The van der Waals surface area contributed by atoms with Gasteiger partial charge >= 0.3 is 0 Å². The van der Waals surface area contributed by atoms with Crippen LogP contribution in [0.15, 0.2) is 18.2 Å². The zero-order valence-corrected chi connectivity index (χ0v) is 13.0. The van der Waals surface area contributed by atoms with Crippen molar-refractivity contribution in [3.63, 3.8) is 0 Å². The highest BCUT2D eigenvalue weighted by Crippen LogP contribution is 2.20. The van der Waals surface area contributed by atoms with Crippen LogP contribution in [-0.2, 0) is 4.79 Å². The molecule has 0 N–H and O–H groups in total. The van der Waals surface area contributed by atoms with Crippen LogP contribution in [0, 0.1) is 13.8 Å². The summed E-state index contributed by atoms with van der Waals surface area (Å²) in [5.41, 5.74) is 3.96. The van der Waals surface area contributed by atoms with E-state index in [0.29, 0.717) is 12.3 Å². The lowest BCUT2D eigenvalue weighted by Crippen LogP contribution is -2.48. The summed E-state index contributed by atoms with van der Waals surface area (Å²) in [5.74, 6) is 0.326. The van der Waals surface area contributed by atoms with Crippen LogP contribution in [0.25, 0.3) is 0 Å². The highest BCUT2D eigenvalue weighted by molar-refractivity contribution is 5.76. The van der Waals surface area contributed by atoms with Gasteiger partial charge in [-0.15, -0.1) is 0 Å². The third-order valence-electron chi connectivity index (χ3n) is 4.23. The fourth-order valence-corrected chi connectivity index (χ4v) is 2.62. The molecule has 1 heterocycles. The van der Waals surface area contributed by atoms with Crippen molar-refractivity contribution < 1.29 is 4.79 Å². The molecule has 1 aromatic rings. The number of anilines is 1. The van der Waals surface area contributed by atoms with Crippen molar-refractivity contribution in [3.05, 3.63) is 29.3 Å². The Bertz CT molecular complexity index is 462. The van der Waals surface area contributed by atoms with E-state index in [1.165, 1.54) is 16.8 Å². The van der Waals surface area contributed by atoms with Gasteiger partial charge in [-0.2, -0.15) is 0 Å². The van der Waals surface area contributed by atoms with E-state index in [1.54, 1.807) is 0 Å². The first-order valence-electron chi connectivity index (χ1n) is 7.71. The number of piperazine rings is 1. The Balaban J connectivity index is 1.90. The number of aryl methyl sites for hydroxylation is 2. The maximum atomic E-state index is 12.0. The van der Waals surface area contributed by atoms with E-state index >= 15 is 0 Å². The molecule has 1 aliphatic rings. The third kappa shape index (κ3) is 3.53. The van der Waals surface area contributed by atoms with Crippen LogP contribution in [0.2, 0.25) is 0 Å². The molecule has 1 aliphatic heterocycles. The first-order chi connectivity index (χ1) is 9.61. The number of hydrogen-bond acceptors (Lipinski definition) is 2. The molecule has 2 rings (SSSR count). The van der Waals surface area contributed by atoms with Crippen LogP contribution in [0.1, 0.15) is 37.3 Å². The Hall–Kier alpha value is -1.51. The number of unbranched alkanes of at least 4 members (excludes halogenated alkanes) is 1. The van der Waals surface area contributed by atoms with E-state index in [2.05, 4.69) is 43.9 Å². The van der Waals surface area contributed by atoms with Gasteiger partial charge in [-0.05, 0) is 43.5 Å². The summed E-state index contributed by atoms with van der Waals surface area (Å²) >= 11 is 0. The maximum Gasteiger partial charge on any atom is 0.222 e.